The molecule has 4 heterocycles. The van der Waals surface area contributed by atoms with Gasteiger partial charge in [-0.2, -0.15) is 0 Å². The van der Waals surface area contributed by atoms with Gasteiger partial charge in [0.1, 0.15) is 5.15 Å². The van der Waals surface area contributed by atoms with Crippen LogP contribution in [0.4, 0.5) is 4.79 Å². The second kappa shape index (κ2) is 9.97. The highest BCUT2D eigenvalue weighted by atomic mass is 35.5. The zero-order valence-corrected chi connectivity index (χ0v) is 19.9. The predicted molar refractivity (Wildman–Crippen MR) is 136 cm³/mol. The molecule has 4 aromatic rings. The summed E-state index contributed by atoms with van der Waals surface area (Å²) in [6.45, 7) is 2.82. The third-order valence-corrected chi connectivity index (χ3v) is 6.45. The van der Waals surface area contributed by atoms with Crippen LogP contribution < -0.4 is 5.32 Å². The first-order valence-electron chi connectivity index (χ1n) is 11.1. The Labute approximate surface area is 207 Å². The van der Waals surface area contributed by atoms with Crippen molar-refractivity contribution in [3.05, 3.63) is 99.7 Å². The van der Waals surface area contributed by atoms with Gasteiger partial charge in [0.15, 0.2) is 0 Å². The van der Waals surface area contributed by atoms with Crippen LogP contribution in [0.15, 0.2) is 67.1 Å². The second-order valence-electron chi connectivity index (χ2n) is 8.24. The van der Waals surface area contributed by atoms with Crippen molar-refractivity contribution in [2.24, 2.45) is 0 Å². The quantitative estimate of drug-likeness (QED) is 0.370. The van der Waals surface area contributed by atoms with Gasteiger partial charge in [0.25, 0.3) is 0 Å². The first kappa shape index (κ1) is 22.6. The molecule has 0 spiro atoms. The van der Waals surface area contributed by atoms with E-state index in [4.69, 9.17) is 23.2 Å². The average Bonchev–Trinajstić information content (AvgIpc) is 3.16. The third-order valence-electron chi connectivity index (χ3n) is 6.01. The maximum atomic E-state index is 13.3. The molecule has 1 aromatic carbocycles. The normalized spacial score (nSPS) is 13.9. The summed E-state index contributed by atoms with van der Waals surface area (Å²) in [4.78, 5) is 23.7. The van der Waals surface area contributed by atoms with Crippen LogP contribution in [0, 0.1) is 0 Å². The molecule has 1 amide bonds. The van der Waals surface area contributed by atoms with Gasteiger partial charge in [-0.25, -0.2) is 9.78 Å². The Hall–Kier alpha value is -3.19. The molecule has 3 aromatic heterocycles. The van der Waals surface area contributed by atoms with Crippen LogP contribution in [-0.2, 0) is 19.5 Å². The van der Waals surface area contributed by atoms with E-state index in [1.165, 1.54) is 0 Å². The lowest BCUT2D eigenvalue weighted by atomic mass is 10.0. The molecule has 172 valence electrons. The topological polar surface area (TPSA) is 63.1 Å². The Kier molecular flexibility index (Phi) is 6.63. The van der Waals surface area contributed by atoms with E-state index in [0.717, 1.165) is 59.3 Å². The number of pyridine rings is 2. The molecule has 6 nitrogen and oxygen atoms in total. The third kappa shape index (κ3) is 4.85. The Bertz CT molecular complexity index is 1370. The van der Waals surface area contributed by atoms with E-state index < -0.39 is 0 Å². The van der Waals surface area contributed by atoms with E-state index >= 15 is 0 Å². The van der Waals surface area contributed by atoms with Crippen LogP contribution in [0.25, 0.3) is 17.0 Å². The van der Waals surface area contributed by atoms with Gasteiger partial charge in [0.2, 0.25) is 0 Å². The number of halogens is 2. The summed E-state index contributed by atoms with van der Waals surface area (Å²) < 4.78 is 1.80. The molecule has 0 bridgehead atoms. The number of nitrogens with zero attached hydrogens (tertiary/aromatic N) is 4. The molecule has 5 rings (SSSR count). The maximum Gasteiger partial charge on any atom is 0.326 e. The number of aromatic nitrogens is 3. The zero-order valence-electron chi connectivity index (χ0n) is 18.4. The van der Waals surface area contributed by atoms with Crippen LogP contribution in [-0.4, -0.2) is 38.6 Å². The summed E-state index contributed by atoms with van der Waals surface area (Å²) in [6, 6.07) is 13.1. The standard InChI is InChI=1S/C26H23Cl2N5O/c27-20-3-4-23-21(15-20)22-17-32(12-1-2-18-5-9-29-10-6-18)13-8-24(22)33(23)26(34)31-16-19-7-11-30-25(28)14-19/h1-7,9-11,14-15H,8,12-13,16-17H2,(H,31,34). The van der Waals surface area contributed by atoms with Crippen molar-refractivity contribution in [1.29, 1.82) is 0 Å². The van der Waals surface area contributed by atoms with E-state index in [1.54, 1.807) is 29.2 Å². The first-order chi connectivity index (χ1) is 16.6. The Morgan fingerprint density at radius 1 is 1.09 bits per heavy atom. The van der Waals surface area contributed by atoms with Gasteiger partial charge >= 0.3 is 6.03 Å². The zero-order chi connectivity index (χ0) is 23.5. The lowest BCUT2D eigenvalue weighted by Crippen LogP contribution is -2.34. The van der Waals surface area contributed by atoms with E-state index in [9.17, 15) is 4.79 Å². The molecule has 1 N–H and O–H groups in total. The van der Waals surface area contributed by atoms with Crippen molar-refractivity contribution in [3.8, 4) is 0 Å². The highest BCUT2D eigenvalue weighted by molar-refractivity contribution is 6.31. The smallest absolute Gasteiger partial charge is 0.326 e. The van der Waals surface area contributed by atoms with Gasteiger partial charge in [-0.3, -0.25) is 14.5 Å². The van der Waals surface area contributed by atoms with Gasteiger partial charge < -0.3 is 5.32 Å². The summed E-state index contributed by atoms with van der Waals surface area (Å²) in [7, 11) is 0. The summed E-state index contributed by atoms with van der Waals surface area (Å²) in [5.41, 5.74) is 5.09. The molecular weight excluding hydrogens is 469 g/mol. The molecule has 0 saturated heterocycles. The van der Waals surface area contributed by atoms with Crippen LogP contribution in [0.2, 0.25) is 10.2 Å². The summed E-state index contributed by atoms with van der Waals surface area (Å²) in [5, 5.41) is 5.11. The van der Waals surface area contributed by atoms with Crippen molar-refractivity contribution in [2.75, 3.05) is 13.1 Å². The number of benzene rings is 1. The predicted octanol–water partition coefficient (Wildman–Crippen LogP) is 5.57. The molecule has 0 radical (unpaired) electrons. The molecule has 0 atom stereocenters. The van der Waals surface area contributed by atoms with Crippen molar-refractivity contribution in [3.63, 3.8) is 0 Å². The summed E-state index contributed by atoms with van der Waals surface area (Å²) >= 11 is 12.3. The highest BCUT2D eigenvalue weighted by Gasteiger charge is 2.26. The first-order valence-corrected chi connectivity index (χ1v) is 11.8. The summed E-state index contributed by atoms with van der Waals surface area (Å²) in [5.74, 6) is 0. The lowest BCUT2D eigenvalue weighted by molar-refractivity contribution is 0.240. The number of hydrogen-bond donors (Lipinski definition) is 1. The van der Waals surface area contributed by atoms with Crippen molar-refractivity contribution < 1.29 is 4.79 Å². The minimum atomic E-state index is -0.160. The number of amides is 1. The molecule has 0 saturated carbocycles. The Morgan fingerprint density at radius 2 is 1.94 bits per heavy atom. The molecule has 0 fully saturated rings. The minimum Gasteiger partial charge on any atom is -0.333 e. The number of carbonyl (C=O) groups excluding carboxylic acids is 1. The van der Waals surface area contributed by atoms with E-state index in [2.05, 4.69) is 32.3 Å². The van der Waals surface area contributed by atoms with Crippen LogP contribution >= 0.6 is 23.2 Å². The molecule has 1 aliphatic rings. The molecule has 8 heteroatoms. The highest BCUT2D eigenvalue weighted by Crippen LogP contribution is 2.32. The fourth-order valence-corrected chi connectivity index (χ4v) is 4.76. The van der Waals surface area contributed by atoms with Crippen molar-refractivity contribution in [1.82, 2.24) is 24.8 Å². The van der Waals surface area contributed by atoms with Gasteiger partial charge in [0, 0.05) is 67.3 Å². The number of fused-ring (bicyclic) bond motifs is 3. The Morgan fingerprint density at radius 3 is 2.76 bits per heavy atom. The molecule has 1 aliphatic heterocycles. The number of carbonyl (C=O) groups is 1. The molecular formula is C26H23Cl2N5O. The molecule has 0 aliphatic carbocycles. The van der Waals surface area contributed by atoms with E-state index in [0.29, 0.717) is 16.7 Å². The monoisotopic (exact) mass is 491 g/mol. The average molecular weight is 492 g/mol. The van der Waals surface area contributed by atoms with Gasteiger partial charge in [-0.1, -0.05) is 35.4 Å². The van der Waals surface area contributed by atoms with Gasteiger partial charge in [-0.05, 0) is 59.2 Å². The summed E-state index contributed by atoms with van der Waals surface area (Å²) in [6.07, 6.45) is 10.3. The van der Waals surface area contributed by atoms with Crippen molar-refractivity contribution >= 4 is 46.2 Å². The number of rotatable bonds is 5. The molecule has 34 heavy (non-hydrogen) atoms. The lowest BCUT2D eigenvalue weighted by Gasteiger charge is -2.27. The fourth-order valence-electron chi connectivity index (χ4n) is 4.40. The van der Waals surface area contributed by atoms with E-state index in [-0.39, 0.29) is 6.03 Å². The minimum absolute atomic E-state index is 0.160. The SMILES string of the molecule is O=C(NCc1ccnc(Cl)c1)n1c2c(c3cc(Cl)ccc31)CN(CC=Cc1ccncc1)CC2. The van der Waals surface area contributed by atoms with E-state index in [1.807, 2.05) is 36.4 Å². The van der Waals surface area contributed by atoms with Gasteiger partial charge in [0.05, 0.1) is 5.52 Å². The largest absolute Gasteiger partial charge is 0.333 e. The maximum absolute atomic E-state index is 13.3. The van der Waals surface area contributed by atoms with Gasteiger partial charge in [-0.15, -0.1) is 0 Å². The number of hydrogen-bond acceptors (Lipinski definition) is 4. The van der Waals surface area contributed by atoms with Crippen LogP contribution in [0.3, 0.4) is 0 Å². The van der Waals surface area contributed by atoms with Crippen molar-refractivity contribution in [2.45, 2.75) is 19.5 Å². The fraction of sp³-hybridized carbons (Fsp3) is 0.192. The second-order valence-corrected chi connectivity index (χ2v) is 9.06. The van der Waals surface area contributed by atoms with Crippen LogP contribution in [0.5, 0.6) is 0 Å². The van der Waals surface area contributed by atoms with Crippen LogP contribution in [0.1, 0.15) is 22.4 Å². The Balaban J connectivity index is 1.38. The molecule has 0 unspecified atom stereocenters. The number of nitrogens with one attached hydrogen (secondary N) is 1.